The van der Waals surface area contributed by atoms with E-state index in [-0.39, 0.29) is 11.5 Å². The van der Waals surface area contributed by atoms with Crippen LogP contribution in [0.2, 0.25) is 0 Å². The van der Waals surface area contributed by atoms with Gasteiger partial charge in [-0.3, -0.25) is 19.1 Å². The average Bonchev–Trinajstić information content (AvgIpc) is 2.70. The van der Waals surface area contributed by atoms with Crippen LogP contribution in [0.4, 0.5) is 5.69 Å². The zero-order chi connectivity index (χ0) is 19.5. The summed E-state index contributed by atoms with van der Waals surface area (Å²) >= 11 is 0. The molecule has 4 rings (SSSR count). The van der Waals surface area contributed by atoms with Crippen molar-refractivity contribution >= 4 is 22.6 Å². The minimum Gasteiger partial charge on any atom is -0.326 e. The second-order valence-corrected chi connectivity index (χ2v) is 6.32. The maximum Gasteiger partial charge on any atom is 0.280 e. The highest BCUT2D eigenvalue weighted by atomic mass is 16.1. The predicted octanol–water partition coefficient (Wildman–Crippen LogP) is 2.86. The SMILES string of the molecule is CC(=O)Nc1cccc(-c2ccc3ncn(Cc4ccccn4)c(=O)c3n2)c1. The van der Waals surface area contributed by atoms with Crippen LogP contribution in [0.3, 0.4) is 0 Å². The van der Waals surface area contributed by atoms with E-state index < -0.39 is 0 Å². The van der Waals surface area contributed by atoms with Crippen LogP contribution < -0.4 is 10.9 Å². The van der Waals surface area contributed by atoms with E-state index in [1.807, 2.05) is 42.5 Å². The lowest BCUT2D eigenvalue weighted by atomic mass is 10.1. The molecule has 28 heavy (non-hydrogen) atoms. The molecule has 0 saturated carbocycles. The zero-order valence-corrected chi connectivity index (χ0v) is 15.2. The van der Waals surface area contributed by atoms with Crippen molar-refractivity contribution in [2.24, 2.45) is 0 Å². The minimum absolute atomic E-state index is 0.148. The summed E-state index contributed by atoms with van der Waals surface area (Å²) in [6.07, 6.45) is 3.20. The molecule has 7 heteroatoms. The molecule has 3 heterocycles. The Balaban J connectivity index is 1.75. The Morgan fingerprint density at radius 1 is 1.07 bits per heavy atom. The van der Waals surface area contributed by atoms with Gasteiger partial charge in [0, 0.05) is 24.4 Å². The third-order valence-electron chi connectivity index (χ3n) is 4.21. The number of hydrogen-bond donors (Lipinski definition) is 1. The summed E-state index contributed by atoms with van der Waals surface area (Å²) in [7, 11) is 0. The smallest absolute Gasteiger partial charge is 0.280 e. The quantitative estimate of drug-likeness (QED) is 0.596. The molecule has 0 radical (unpaired) electrons. The van der Waals surface area contributed by atoms with Crippen molar-refractivity contribution < 1.29 is 4.79 Å². The highest BCUT2D eigenvalue weighted by molar-refractivity contribution is 5.89. The van der Waals surface area contributed by atoms with Crippen molar-refractivity contribution in [1.29, 1.82) is 0 Å². The highest BCUT2D eigenvalue weighted by Crippen LogP contribution is 2.22. The van der Waals surface area contributed by atoms with Gasteiger partial charge in [-0.2, -0.15) is 0 Å². The number of nitrogens with zero attached hydrogens (tertiary/aromatic N) is 4. The number of carbonyl (C=O) groups is 1. The van der Waals surface area contributed by atoms with Crippen LogP contribution in [-0.4, -0.2) is 25.4 Å². The molecule has 0 atom stereocenters. The lowest BCUT2D eigenvalue weighted by Crippen LogP contribution is -2.22. The van der Waals surface area contributed by atoms with E-state index in [1.165, 1.54) is 17.8 Å². The summed E-state index contributed by atoms with van der Waals surface area (Å²) in [5.41, 5.74) is 3.47. The second kappa shape index (κ2) is 7.40. The first kappa shape index (κ1) is 17.5. The van der Waals surface area contributed by atoms with Crippen molar-refractivity contribution in [1.82, 2.24) is 19.5 Å². The van der Waals surface area contributed by atoms with Gasteiger partial charge >= 0.3 is 0 Å². The van der Waals surface area contributed by atoms with Crippen molar-refractivity contribution in [3.8, 4) is 11.3 Å². The van der Waals surface area contributed by atoms with Crippen LogP contribution in [0.15, 0.2) is 71.9 Å². The fourth-order valence-electron chi connectivity index (χ4n) is 2.93. The fourth-order valence-corrected chi connectivity index (χ4v) is 2.93. The largest absolute Gasteiger partial charge is 0.326 e. The lowest BCUT2D eigenvalue weighted by Gasteiger charge is -2.08. The number of pyridine rings is 2. The van der Waals surface area contributed by atoms with Gasteiger partial charge in [0.1, 0.15) is 0 Å². The number of anilines is 1. The van der Waals surface area contributed by atoms with Crippen molar-refractivity contribution in [3.05, 3.63) is 83.2 Å². The number of benzene rings is 1. The number of carbonyl (C=O) groups excluding carboxylic acids is 1. The summed E-state index contributed by atoms with van der Waals surface area (Å²) in [6, 6.07) is 16.5. The predicted molar refractivity (Wildman–Crippen MR) is 107 cm³/mol. The first-order valence-electron chi connectivity index (χ1n) is 8.74. The van der Waals surface area contributed by atoms with Crippen molar-refractivity contribution in [2.75, 3.05) is 5.32 Å². The van der Waals surface area contributed by atoms with Crippen LogP contribution in [-0.2, 0) is 11.3 Å². The first-order chi connectivity index (χ1) is 13.6. The Morgan fingerprint density at radius 3 is 2.75 bits per heavy atom. The van der Waals surface area contributed by atoms with E-state index in [4.69, 9.17) is 0 Å². The molecule has 0 aliphatic rings. The molecule has 7 nitrogen and oxygen atoms in total. The minimum atomic E-state index is -0.226. The standard InChI is InChI=1S/C21H17N5O2/c1-14(27)24-16-7-4-5-15(11-16)18-8-9-19-20(25-18)21(28)26(13-23-19)12-17-6-2-3-10-22-17/h2-11,13H,12H2,1H3,(H,24,27). The van der Waals surface area contributed by atoms with Crippen LogP contribution >= 0.6 is 0 Å². The van der Waals surface area contributed by atoms with E-state index >= 15 is 0 Å². The molecule has 0 aliphatic carbocycles. The van der Waals surface area contributed by atoms with Crippen LogP contribution in [0.5, 0.6) is 0 Å². The molecule has 0 bridgehead atoms. The number of rotatable bonds is 4. The van der Waals surface area contributed by atoms with Gasteiger partial charge in [0.15, 0.2) is 5.52 Å². The summed E-state index contributed by atoms with van der Waals surface area (Å²) < 4.78 is 1.50. The molecule has 3 aromatic heterocycles. The van der Waals surface area contributed by atoms with Gasteiger partial charge in [-0.25, -0.2) is 9.97 Å². The van der Waals surface area contributed by atoms with E-state index in [1.54, 1.807) is 18.3 Å². The molecule has 1 aromatic carbocycles. The summed E-state index contributed by atoms with van der Waals surface area (Å²) in [5.74, 6) is -0.148. The first-order valence-corrected chi connectivity index (χ1v) is 8.74. The van der Waals surface area contributed by atoms with E-state index in [9.17, 15) is 9.59 Å². The van der Waals surface area contributed by atoms with Gasteiger partial charge in [0.25, 0.3) is 5.56 Å². The number of amides is 1. The third-order valence-corrected chi connectivity index (χ3v) is 4.21. The Hall–Kier alpha value is -3.87. The Labute approximate surface area is 160 Å². The van der Waals surface area contributed by atoms with Crippen LogP contribution in [0.1, 0.15) is 12.6 Å². The maximum atomic E-state index is 12.9. The molecular formula is C21H17N5O2. The second-order valence-electron chi connectivity index (χ2n) is 6.32. The molecule has 4 aromatic rings. The molecule has 0 unspecified atom stereocenters. The van der Waals surface area contributed by atoms with Crippen molar-refractivity contribution in [3.63, 3.8) is 0 Å². The summed E-state index contributed by atoms with van der Waals surface area (Å²) in [4.78, 5) is 37.3. The van der Waals surface area contributed by atoms with Gasteiger partial charge in [-0.1, -0.05) is 18.2 Å². The van der Waals surface area contributed by atoms with Gasteiger partial charge < -0.3 is 5.32 Å². The molecule has 0 spiro atoms. The van der Waals surface area contributed by atoms with Gasteiger partial charge in [0.05, 0.1) is 29.8 Å². The number of aromatic nitrogens is 4. The number of nitrogens with one attached hydrogen (secondary N) is 1. The van der Waals surface area contributed by atoms with Gasteiger partial charge in [0.2, 0.25) is 5.91 Å². The highest BCUT2D eigenvalue weighted by Gasteiger charge is 2.09. The molecule has 1 amide bonds. The Bertz CT molecular complexity index is 1220. The number of fused-ring (bicyclic) bond motifs is 1. The van der Waals surface area contributed by atoms with E-state index in [0.29, 0.717) is 29.0 Å². The monoisotopic (exact) mass is 371 g/mol. The van der Waals surface area contributed by atoms with Gasteiger partial charge in [-0.05, 0) is 36.4 Å². The van der Waals surface area contributed by atoms with Crippen LogP contribution in [0.25, 0.3) is 22.3 Å². The normalized spacial score (nSPS) is 10.8. The molecule has 1 N–H and O–H groups in total. The molecule has 0 aliphatic heterocycles. The summed E-state index contributed by atoms with van der Waals surface area (Å²) in [6.45, 7) is 1.78. The molecular weight excluding hydrogens is 354 g/mol. The van der Waals surface area contributed by atoms with Crippen molar-refractivity contribution in [2.45, 2.75) is 13.5 Å². The third kappa shape index (κ3) is 3.64. The van der Waals surface area contributed by atoms with E-state index in [2.05, 4.69) is 20.3 Å². The summed E-state index contributed by atoms with van der Waals surface area (Å²) in [5, 5.41) is 2.75. The Kier molecular flexibility index (Phi) is 4.63. The maximum absolute atomic E-state index is 12.9. The van der Waals surface area contributed by atoms with E-state index in [0.717, 1.165) is 11.3 Å². The number of hydrogen-bond acceptors (Lipinski definition) is 5. The zero-order valence-electron chi connectivity index (χ0n) is 15.2. The topological polar surface area (TPSA) is 89.8 Å². The molecule has 138 valence electrons. The fraction of sp³-hybridized carbons (Fsp3) is 0.0952. The molecule has 0 fully saturated rings. The van der Waals surface area contributed by atoms with Gasteiger partial charge in [-0.15, -0.1) is 0 Å². The Morgan fingerprint density at radius 2 is 1.96 bits per heavy atom. The molecule has 0 saturated heterocycles. The van der Waals surface area contributed by atoms with Crippen LogP contribution in [0, 0.1) is 0 Å². The lowest BCUT2D eigenvalue weighted by molar-refractivity contribution is -0.114. The average molecular weight is 371 g/mol.